The molecule has 25 heavy (non-hydrogen) atoms. The summed E-state index contributed by atoms with van der Waals surface area (Å²) in [6.07, 6.45) is 2.55. The lowest BCUT2D eigenvalue weighted by molar-refractivity contribution is -0.163. The van der Waals surface area contributed by atoms with Crippen molar-refractivity contribution in [2.45, 2.75) is 37.7 Å². The van der Waals surface area contributed by atoms with Crippen LogP contribution in [-0.4, -0.2) is 69.4 Å². The highest BCUT2D eigenvalue weighted by Crippen LogP contribution is 2.54. The lowest BCUT2D eigenvalue weighted by atomic mass is 9.77. The van der Waals surface area contributed by atoms with E-state index >= 15 is 0 Å². The molecule has 7 heteroatoms. The zero-order chi connectivity index (χ0) is 18.0. The quantitative estimate of drug-likeness (QED) is 0.731. The first-order chi connectivity index (χ1) is 11.8. The number of carboxylic acid groups (broad SMARTS) is 1. The number of amides is 1. The summed E-state index contributed by atoms with van der Waals surface area (Å²) in [6, 6.07) is -0.236. The van der Waals surface area contributed by atoms with Gasteiger partial charge >= 0.3 is 5.97 Å². The number of hydrogen-bond donors (Lipinski definition) is 2. The van der Waals surface area contributed by atoms with Crippen LogP contribution < -0.4 is 0 Å². The number of β-lactam (4-membered cyclic amide) rings is 1. The van der Waals surface area contributed by atoms with Gasteiger partial charge in [-0.3, -0.25) is 4.79 Å². The fourth-order valence-corrected chi connectivity index (χ4v) is 6.43. The van der Waals surface area contributed by atoms with Gasteiger partial charge < -0.3 is 20.0 Å². The predicted molar refractivity (Wildman–Crippen MR) is 94.7 cm³/mol. The molecule has 2 saturated heterocycles. The average molecular weight is 364 g/mol. The van der Waals surface area contributed by atoms with Crippen LogP contribution in [0.25, 0.3) is 0 Å². The zero-order valence-corrected chi connectivity index (χ0v) is 15.5. The van der Waals surface area contributed by atoms with Gasteiger partial charge in [0.25, 0.3) is 0 Å². The summed E-state index contributed by atoms with van der Waals surface area (Å²) in [5.74, 6) is -1.44. The molecule has 1 amide bonds. The summed E-state index contributed by atoms with van der Waals surface area (Å²) < 4.78 is 0. The molecule has 0 radical (unpaired) electrons. The number of aliphatic hydroxyl groups is 1. The molecule has 4 heterocycles. The van der Waals surface area contributed by atoms with Crippen LogP contribution in [0.2, 0.25) is 0 Å². The number of thioether (sulfide) groups is 1. The van der Waals surface area contributed by atoms with Crippen LogP contribution in [0.5, 0.6) is 0 Å². The SMILES string of the molecule is C[C@@H](O)[C@H]1C(=O)N2C(C(=O)O)=C(C3=CC4CN(C)CCC4S3)[C@H](C)[C@H]12. The molecule has 136 valence electrons. The molecule has 4 aliphatic heterocycles. The number of aliphatic hydroxyl groups excluding tert-OH is 1. The number of allylic oxidation sites excluding steroid dienone is 1. The standard InChI is InChI=1S/C18H24N2O4S/c1-8-13(12-6-10-7-19(3)5-4-11(10)25-12)16(18(23)24)20-15(8)14(9(2)21)17(20)22/h6,8-11,14-15,21H,4-5,7H2,1-3H3,(H,23,24)/t8-,9+,10?,11?,14+,15+/m0/s1. The monoisotopic (exact) mass is 364 g/mol. The Kier molecular flexibility index (Phi) is 4.01. The molecule has 4 rings (SSSR count). The summed E-state index contributed by atoms with van der Waals surface area (Å²) in [6.45, 7) is 5.65. The maximum Gasteiger partial charge on any atom is 0.352 e. The first-order valence-corrected chi connectivity index (χ1v) is 9.75. The van der Waals surface area contributed by atoms with Crippen molar-refractivity contribution in [2.75, 3.05) is 20.1 Å². The van der Waals surface area contributed by atoms with Crippen molar-refractivity contribution >= 4 is 23.6 Å². The van der Waals surface area contributed by atoms with E-state index in [9.17, 15) is 19.8 Å². The topological polar surface area (TPSA) is 81.1 Å². The Labute approximate surface area is 151 Å². The van der Waals surface area contributed by atoms with E-state index in [-0.39, 0.29) is 23.6 Å². The number of likely N-dealkylation sites (tertiary alicyclic amines) is 1. The summed E-state index contributed by atoms with van der Waals surface area (Å²) in [5, 5.41) is 20.2. The van der Waals surface area contributed by atoms with Crippen LogP contribution in [0.15, 0.2) is 22.3 Å². The number of carbonyl (C=O) groups excluding carboxylic acids is 1. The second-order valence-corrected chi connectivity index (χ2v) is 9.00. The Morgan fingerprint density at radius 1 is 1.44 bits per heavy atom. The highest BCUT2D eigenvalue weighted by atomic mass is 32.2. The summed E-state index contributed by atoms with van der Waals surface area (Å²) in [4.78, 5) is 29.1. The predicted octanol–water partition coefficient (Wildman–Crippen LogP) is 1.13. The van der Waals surface area contributed by atoms with Crippen LogP contribution in [-0.2, 0) is 9.59 Å². The largest absolute Gasteiger partial charge is 0.477 e. The second kappa shape index (κ2) is 5.86. The van der Waals surface area contributed by atoms with Crippen molar-refractivity contribution in [1.29, 1.82) is 0 Å². The number of nitrogens with zero attached hydrogens (tertiary/aromatic N) is 2. The molecule has 2 fully saturated rings. The number of hydrogen-bond acceptors (Lipinski definition) is 5. The minimum Gasteiger partial charge on any atom is -0.477 e. The van der Waals surface area contributed by atoms with Crippen LogP contribution in [0.3, 0.4) is 0 Å². The van der Waals surface area contributed by atoms with E-state index in [2.05, 4.69) is 18.0 Å². The van der Waals surface area contributed by atoms with Crippen LogP contribution in [0.1, 0.15) is 20.3 Å². The normalized spacial score (nSPS) is 39.0. The van der Waals surface area contributed by atoms with E-state index in [1.807, 2.05) is 6.92 Å². The molecule has 2 unspecified atom stereocenters. The molecule has 2 N–H and O–H groups in total. The Balaban J connectivity index is 1.70. The first kappa shape index (κ1) is 17.1. The smallest absolute Gasteiger partial charge is 0.352 e. The van der Waals surface area contributed by atoms with Gasteiger partial charge in [-0.1, -0.05) is 13.0 Å². The van der Waals surface area contributed by atoms with Crippen molar-refractivity contribution in [1.82, 2.24) is 9.80 Å². The highest BCUT2D eigenvalue weighted by Gasteiger charge is 2.60. The molecule has 0 aliphatic carbocycles. The van der Waals surface area contributed by atoms with Crippen LogP contribution in [0, 0.1) is 17.8 Å². The van der Waals surface area contributed by atoms with Crippen molar-refractivity contribution < 1.29 is 19.8 Å². The zero-order valence-electron chi connectivity index (χ0n) is 14.7. The second-order valence-electron chi connectivity index (χ2n) is 7.72. The van der Waals surface area contributed by atoms with E-state index < -0.39 is 18.0 Å². The molecule has 6 nitrogen and oxygen atoms in total. The van der Waals surface area contributed by atoms with E-state index in [0.29, 0.717) is 11.2 Å². The average Bonchev–Trinajstić information content (AvgIpc) is 3.03. The van der Waals surface area contributed by atoms with Crippen molar-refractivity contribution in [2.24, 2.45) is 17.8 Å². The van der Waals surface area contributed by atoms with Gasteiger partial charge in [0.2, 0.25) is 5.91 Å². The maximum atomic E-state index is 12.4. The fraction of sp³-hybridized carbons (Fsp3) is 0.667. The Morgan fingerprint density at radius 3 is 2.80 bits per heavy atom. The third-order valence-corrected chi connectivity index (χ3v) is 7.58. The van der Waals surface area contributed by atoms with Gasteiger partial charge in [0.15, 0.2) is 0 Å². The fourth-order valence-electron chi connectivity index (χ4n) is 4.88. The molecule has 0 spiro atoms. The van der Waals surface area contributed by atoms with Crippen molar-refractivity contribution in [3.05, 3.63) is 22.3 Å². The minimum absolute atomic E-state index is 0.0694. The van der Waals surface area contributed by atoms with Gasteiger partial charge in [-0.25, -0.2) is 4.79 Å². The van der Waals surface area contributed by atoms with Gasteiger partial charge in [0, 0.05) is 34.1 Å². The molecule has 0 saturated carbocycles. The van der Waals surface area contributed by atoms with E-state index in [0.717, 1.165) is 30.0 Å². The number of carboxylic acids is 1. The van der Waals surface area contributed by atoms with Gasteiger partial charge in [0.1, 0.15) is 5.70 Å². The molecule has 0 aromatic rings. The molecule has 4 aliphatic rings. The maximum absolute atomic E-state index is 12.4. The van der Waals surface area contributed by atoms with E-state index in [4.69, 9.17) is 0 Å². The lowest BCUT2D eigenvalue weighted by Crippen LogP contribution is -2.63. The van der Waals surface area contributed by atoms with E-state index in [1.165, 1.54) is 4.90 Å². The molecule has 6 atom stereocenters. The highest BCUT2D eigenvalue weighted by molar-refractivity contribution is 8.04. The van der Waals surface area contributed by atoms with Crippen molar-refractivity contribution in [3.8, 4) is 0 Å². The molecular formula is C18H24N2O4S. The molecular weight excluding hydrogens is 340 g/mol. The van der Waals surface area contributed by atoms with Crippen LogP contribution in [0.4, 0.5) is 0 Å². The number of piperidine rings is 1. The number of rotatable bonds is 3. The molecule has 0 bridgehead atoms. The third-order valence-electron chi connectivity index (χ3n) is 6.08. The molecule has 0 aromatic carbocycles. The Morgan fingerprint density at radius 2 is 2.16 bits per heavy atom. The number of fused-ring (bicyclic) bond motifs is 2. The number of aliphatic carboxylic acids is 1. The Hall–Kier alpha value is -1.31. The Bertz CT molecular complexity index is 701. The number of carbonyl (C=O) groups is 2. The van der Waals surface area contributed by atoms with E-state index in [1.54, 1.807) is 18.7 Å². The lowest BCUT2D eigenvalue weighted by Gasteiger charge is -2.46. The molecule has 0 aromatic heterocycles. The van der Waals surface area contributed by atoms with Crippen LogP contribution >= 0.6 is 11.8 Å². The third kappa shape index (κ3) is 2.39. The van der Waals surface area contributed by atoms with Gasteiger partial charge in [-0.15, -0.1) is 11.8 Å². The summed E-state index contributed by atoms with van der Waals surface area (Å²) in [5.41, 5.74) is 0.918. The van der Waals surface area contributed by atoms with Gasteiger partial charge in [-0.05, 0) is 26.9 Å². The van der Waals surface area contributed by atoms with Gasteiger partial charge in [-0.2, -0.15) is 0 Å². The first-order valence-electron chi connectivity index (χ1n) is 8.87. The van der Waals surface area contributed by atoms with Crippen molar-refractivity contribution in [3.63, 3.8) is 0 Å². The summed E-state index contributed by atoms with van der Waals surface area (Å²) >= 11 is 1.77. The van der Waals surface area contributed by atoms with Gasteiger partial charge in [0.05, 0.1) is 18.1 Å². The summed E-state index contributed by atoms with van der Waals surface area (Å²) in [7, 11) is 2.12. The minimum atomic E-state index is -1.05.